The molecule has 0 saturated heterocycles. The van der Waals surface area contributed by atoms with Crippen molar-refractivity contribution >= 4 is 11.9 Å². The fourth-order valence-electron chi connectivity index (χ4n) is 6.38. The molecule has 57 heavy (non-hydrogen) atoms. The molecule has 0 amide bonds. The Kier molecular flexibility index (Phi) is 65.8. The Morgan fingerprint density at radius 3 is 0.965 bits per heavy atom. The molecule has 0 radical (unpaired) electrons. The molecule has 0 fully saturated rings. The molecule has 0 heterocycles. The van der Waals surface area contributed by atoms with E-state index in [1.807, 2.05) is 12.2 Å². The maximum atomic E-state index is 11.3. The number of methoxy groups -OCH3 is 2. The highest BCUT2D eigenvalue weighted by molar-refractivity contribution is 5.81. The quantitative estimate of drug-likeness (QED) is 0.0265. The molecular formula is C51H100O6. The Labute approximate surface area is 357 Å². The van der Waals surface area contributed by atoms with E-state index >= 15 is 0 Å². The van der Waals surface area contributed by atoms with E-state index in [4.69, 9.17) is 9.47 Å². The Hall–Kier alpha value is -1.92. The Bertz CT molecular complexity index is 795. The zero-order valence-electron chi connectivity index (χ0n) is 38.0. The maximum absolute atomic E-state index is 11.3. The predicted molar refractivity (Wildman–Crippen MR) is 250 cm³/mol. The number of unbranched alkanes of at least 4 members (excludes halogenated alkanes) is 32. The molecule has 0 aliphatic heterocycles. The van der Waals surface area contributed by atoms with Crippen molar-refractivity contribution in [1.29, 1.82) is 0 Å². The number of rotatable bonds is 42. The van der Waals surface area contributed by atoms with Gasteiger partial charge in [-0.1, -0.05) is 233 Å². The van der Waals surface area contributed by atoms with Gasteiger partial charge < -0.3 is 18.9 Å². The maximum Gasteiger partial charge on any atom is 0.330 e. The third kappa shape index (κ3) is 66.2. The topological polar surface area (TPSA) is 71.1 Å². The summed E-state index contributed by atoms with van der Waals surface area (Å²) in [4.78, 5) is 21.6. The lowest BCUT2D eigenvalue weighted by molar-refractivity contribution is -0.139. The molecule has 0 bridgehead atoms. The average molecular weight is 809 g/mol. The number of carbonyl (C=O) groups excluding carboxylic acids is 2. The van der Waals surface area contributed by atoms with Gasteiger partial charge in [-0.05, 0) is 25.7 Å². The number of hydrogen-bond acceptors (Lipinski definition) is 6. The molecule has 0 aromatic carbocycles. The monoisotopic (exact) mass is 809 g/mol. The summed E-state index contributed by atoms with van der Waals surface area (Å²) in [5, 5.41) is 0. The Morgan fingerprint density at radius 1 is 0.404 bits per heavy atom. The highest BCUT2D eigenvalue weighted by Crippen LogP contribution is 2.15. The molecule has 0 rings (SSSR count). The van der Waals surface area contributed by atoms with Gasteiger partial charge >= 0.3 is 11.9 Å². The first-order chi connectivity index (χ1) is 27.5. The van der Waals surface area contributed by atoms with Crippen LogP contribution in [0, 0.1) is 0 Å². The van der Waals surface area contributed by atoms with Gasteiger partial charge in [-0.3, -0.25) is 0 Å². The molecule has 6 nitrogen and oxygen atoms in total. The van der Waals surface area contributed by atoms with Crippen LogP contribution in [0.4, 0.5) is 0 Å². The van der Waals surface area contributed by atoms with Crippen molar-refractivity contribution in [1.82, 2.24) is 0 Å². The van der Waals surface area contributed by atoms with E-state index in [1.165, 1.54) is 212 Å². The molecule has 0 aromatic heterocycles. The van der Waals surface area contributed by atoms with Crippen LogP contribution < -0.4 is 0 Å². The van der Waals surface area contributed by atoms with Gasteiger partial charge in [0.15, 0.2) is 0 Å². The van der Waals surface area contributed by atoms with Crippen LogP contribution in [-0.4, -0.2) is 52.6 Å². The number of ether oxygens (including phenoxy) is 4. The smallest absolute Gasteiger partial charge is 0.330 e. The van der Waals surface area contributed by atoms with Crippen LogP contribution in [0.15, 0.2) is 37.5 Å². The number of hydrogen-bond donors (Lipinski definition) is 0. The second-order valence-corrected chi connectivity index (χ2v) is 15.4. The van der Waals surface area contributed by atoms with Gasteiger partial charge in [0.25, 0.3) is 0 Å². The molecule has 0 aliphatic rings. The third-order valence-electron chi connectivity index (χ3n) is 9.97. The molecule has 0 N–H and O–H groups in total. The van der Waals surface area contributed by atoms with Crippen molar-refractivity contribution in [3.8, 4) is 0 Å². The minimum absolute atomic E-state index is 0. The summed E-state index contributed by atoms with van der Waals surface area (Å²) in [7, 11) is 3.14. The number of allylic oxidation sites excluding steroid dienone is 2. The first-order valence-corrected chi connectivity index (χ1v) is 23.7. The summed E-state index contributed by atoms with van der Waals surface area (Å²) in [5.74, 6) is -0.671. The predicted octanol–water partition coefficient (Wildman–Crippen LogP) is 16.2. The molecule has 0 aromatic rings. The van der Waals surface area contributed by atoms with Gasteiger partial charge in [0, 0.05) is 26.4 Å². The molecule has 0 aliphatic carbocycles. The average Bonchev–Trinajstić information content (AvgIpc) is 3.21. The number of carbonyl (C=O) groups is 2. The van der Waals surface area contributed by atoms with E-state index in [2.05, 4.69) is 36.5 Å². The van der Waals surface area contributed by atoms with Crippen LogP contribution in [0.25, 0.3) is 0 Å². The molecule has 0 spiro atoms. The SMILES string of the molecule is C.C=CC(=O)OCCOC.C=CCCCCCCCCCCCCCCCCCC.CCCCCCCCCCCCCCCCCC/C=C/C(=O)OCCOC. The van der Waals surface area contributed by atoms with Gasteiger partial charge in [-0.2, -0.15) is 0 Å². The molecule has 0 atom stereocenters. The minimum atomic E-state index is -0.410. The highest BCUT2D eigenvalue weighted by Gasteiger charge is 1.98. The van der Waals surface area contributed by atoms with Crippen LogP contribution in [0.2, 0.25) is 0 Å². The lowest BCUT2D eigenvalue weighted by atomic mass is 10.0. The first kappa shape index (κ1) is 61.7. The van der Waals surface area contributed by atoms with Crippen LogP contribution in [-0.2, 0) is 28.5 Å². The molecule has 0 saturated carbocycles. The van der Waals surface area contributed by atoms with Crippen molar-refractivity contribution in [2.24, 2.45) is 0 Å². The summed E-state index contributed by atoms with van der Waals surface area (Å²) >= 11 is 0. The van der Waals surface area contributed by atoms with Crippen molar-refractivity contribution in [2.45, 2.75) is 240 Å². The lowest BCUT2D eigenvalue weighted by Gasteiger charge is -2.03. The third-order valence-corrected chi connectivity index (χ3v) is 9.97. The molecule has 6 heteroatoms. The van der Waals surface area contributed by atoms with E-state index < -0.39 is 5.97 Å². The van der Waals surface area contributed by atoms with Gasteiger partial charge in [0.05, 0.1) is 13.2 Å². The van der Waals surface area contributed by atoms with Gasteiger partial charge in [0.2, 0.25) is 0 Å². The Morgan fingerprint density at radius 2 is 0.684 bits per heavy atom. The summed E-state index contributed by atoms with van der Waals surface area (Å²) in [6, 6.07) is 0. The number of esters is 2. The van der Waals surface area contributed by atoms with Crippen LogP contribution in [0.3, 0.4) is 0 Å². The van der Waals surface area contributed by atoms with E-state index in [9.17, 15) is 9.59 Å². The van der Waals surface area contributed by atoms with Crippen LogP contribution in [0.5, 0.6) is 0 Å². The normalized spacial score (nSPS) is 10.5. The van der Waals surface area contributed by atoms with E-state index in [0.29, 0.717) is 26.4 Å². The summed E-state index contributed by atoms with van der Waals surface area (Å²) in [6.45, 7) is 13.1. The Balaban J connectivity index is -0.000000410. The van der Waals surface area contributed by atoms with E-state index in [1.54, 1.807) is 20.3 Å². The minimum Gasteiger partial charge on any atom is -0.460 e. The van der Waals surface area contributed by atoms with E-state index in [-0.39, 0.29) is 13.4 Å². The largest absolute Gasteiger partial charge is 0.460 e. The van der Waals surface area contributed by atoms with Crippen LogP contribution in [0.1, 0.15) is 240 Å². The second kappa shape index (κ2) is 60.8. The zero-order chi connectivity index (χ0) is 41.7. The fraction of sp³-hybridized carbons (Fsp3) is 0.843. The first-order valence-electron chi connectivity index (χ1n) is 23.7. The molecule has 0 unspecified atom stereocenters. The molecule has 340 valence electrons. The molecular weight excluding hydrogens is 709 g/mol. The van der Waals surface area contributed by atoms with Crippen LogP contribution >= 0.6 is 0 Å². The standard InChI is InChI=1S/C24H46O3.C20H40.C6H10O3.CH4/c1-3-4-5-6-7-8-9-10-11-12-13-14-15-16-17-18-19-20-21-24(25)27-23-22-26-2;1-3-5-7-9-11-13-15-17-19-20-18-16-14-12-10-8-6-4-2;1-3-6(7)9-5-4-8-2;/h20-21H,3-19,22-23H2,1-2H3;3H,1,4-20H2,2H3;3H,1,4-5H2,2H3;1H4/b21-20+;;;. The highest BCUT2D eigenvalue weighted by atomic mass is 16.6. The van der Waals surface area contributed by atoms with Crippen molar-refractivity contribution in [3.05, 3.63) is 37.5 Å². The van der Waals surface area contributed by atoms with Crippen molar-refractivity contribution in [2.75, 3.05) is 40.6 Å². The van der Waals surface area contributed by atoms with Gasteiger partial charge in [-0.15, -0.1) is 6.58 Å². The van der Waals surface area contributed by atoms with Gasteiger partial charge in [-0.25, -0.2) is 9.59 Å². The van der Waals surface area contributed by atoms with E-state index in [0.717, 1.165) is 12.5 Å². The summed E-state index contributed by atoms with van der Waals surface area (Å²) in [5.41, 5.74) is 0. The van der Waals surface area contributed by atoms with Crippen molar-refractivity contribution < 1.29 is 28.5 Å². The fourth-order valence-corrected chi connectivity index (χ4v) is 6.38. The summed E-state index contributed by atoms with van der Waals surface area (Å²) < 4.78 is 19.0. The second-order valence-electron chi connectivity index (χ2n) is 15.4. The summed E-state index contributed by atoms with van der Waals surface area (Å²) in [6.07, 6.45) is 54.2. The lowest BCUT2D eigenvalue weighted by Crippen LogP contribution is -2.06. The van der Waals surface area contributed by atoms with Gasteiger partial charge in [0.1, 0.15) is 13.2 Å². The zero-order valence-corrected chi connectivity index (χ0v) is 38.0. The van der Waals surface area contributed by atoms with Crippen molar-refractivity contribution in [3.63, 3.8) is 0 Å².